The molecule has 4 nitrogen and oxygen atoms in total. The number of anilines is 1. The van der Waals surface area contributed by atoms with E-state index in [-0.39, 0.29) is 6.61 Å². The highest BCUT2D eigenvalue weighted by Gasteiger charge is 2.36. The first kappa shape index (κ1) is 14.7. The summed E-state index contributed by atoms with van der Waals surface area (Å²) >= 11 is 0. The van der Waals surface area contributed by atoms with Crippen LogP contribution >= 0.6 is 0 Å². The molecule has 18 heavy (non-hydrogen) atoms. The smallest absolute Gasteiger partial charge is 0.363 e. The summed E-state index contributed by atoms with van der Waals surface area (Å²) in [6.07, 6.45) is -3.76. The minimum Gasteiger partial charge on any atom is -0.363 e. The van der Waals surface area contributed by atoms with Gasteiger partial charge in [0.15, 0.2) is 6.10 Å². The number of nitrogens with zero attached hydrogens (tertiary/aromatic N) is 2. The average Bonchev–Trinajstić information content (AvgIpc) is 2.32. The van der Waals surface area contributed by atoms with Gasteiger partial charge in [0.2, 0.25) is 5.95 Å². The molecule has 0 aliphatic heterocycles. The van der Waals surface area contributed by atoms with E-state index in [1.807, 2.05) is 6.92 Å². The lowest BCUT2D eigenvalue weighted by molar-refractivity contribution is -0.217. The Kier molecular flexibility index (Phi) is 5.33. The maximum atomic E-state index is 12.2. The maximum absolute atomic E-state index is 12.2. The van der Waals surface area contributed by atoms with Gasteiger partial charge in [0.25, 0.3) is 0 Å². The molecule has 1 rings (SSSR count). The Morgan fingerprint density at radius 1 is 1.44 bits per heavy atom. The number of hydrogen-bond donors (Lipinski definition) is 1. The van der Waals surface area contributed by atoms with Crippen molar-refractivity contribution in [2.24, 2.45) is 0 Å². The molecule has 1 aromatic rings. The summed E-state index contributed by atoms with van der Waals surface area (Å²) < 4.78 is 41.4. The van der Waals surface area contributed by atoms with Crippen LogP contribution in [-0.2, 0) is 11.3 Å². The standard InChI is InChI=1S/C11H16F3N3O/c1-3-5-15-10-16-6-4-9(17-10)7-18-8(2)11(12,13)14/h4,6,8H,3,5,7H2,1-2H3,(H,15,16,17). The van der Waals surface area contributed by atoms with E-state index in [4.69, 9.17) is 4.74 Å². The maximum Gasteiger partial charge on any atom is 0.414 e. The molecule has 0 aromatic carbocycles. The molecule has 1 heterocycles. The number of ether oxygens (including phenoxy) is 1. The van der Waals surface area contributed by atoms with Crippen LogP contribution in [0.1, 0.15) is 26.0 Å². The van der Waals surface area contributed by atoms with Gasteiger partial charge in [0.1, 0.15) is 0 Å². The van der Waals surface area contributed by atoms with Crippen molar-refractivity contribution in [2.75, 3.05) is 11.9 Å². The van der Waals surface area contributed by atoms with Crippen molar-refractivity contribution in [1.29, 1.82) is 0 Å². The summed E-state index contributed by atoms with van der Waals surface area (Å²) in [6.45, 7) is 3.48. The molecule has 0 amide bonds. The third-order valence-electron chi connectivity index (χ3n) is 2.19. The molecule has 1 aromatic heterocycles. The van der Waals surface area contributed by atoms with Gasteiger partial charge in [-0.25, -0.2) is 9.97 Å². The van der Waals surface area contributed by atoms with Crippen LogP contribution in [0.5, 0.6) is 0 Å². The van der Waals surface area contributed by atoms with Crippen molar-refractivity contribution in [2.45, 2.75) is 39.2 Å². The first-order chi connectivity index (χ1) is 8.43. The van der Waals surface area contributed by atoms with Gasteiger partial charge >= 0.3 is 6.18 Å². The van der Waals surface area contributed by atoms with Crippen molar-refractivity contribution >= 4 is 5.95 Å². The fourth-order valence-corrected chi connectivity index (χ4v) is 1.10. The van der Waals surface area contributed by atoms with Crippen LogP contribution in [0, 0.1) is 0 Å². The lowest BCUT2D eigenvalue weighted by atomic mass is 10.4. The van der Waals surface area contributed by atoms with E-state index in [9.17, 15) is 13.2 Å². The number of rotatable bonds is 6. The fraction of sp³-hybridized carbons (Fsp3) is 0.636. The summed E-state index contributed by atoms with van der Waals surface area (Å²) in [4.78, 5) is 8.00. The van der Waals surface area contributed by atoms with Crippen LogP contribution in [0.2, 0.25) is 0 Å². The Morgan fingerprint density at radius 2 is 2.17 bits per heavy atom. The Morgan fingerprint density at radius 3 is 2.78 bits per heavy atom. The van der Waals surface area contributed by atoms with Gasteiger partial charge in [0, 0.05) is 12.7 Å². The van der Waals surface area contributed by atoms with Crippen molar-refractivity contribution in [1.82, 2.24) is 9.97 Å². The number of halogens is 3. The molecule has 0 saturated carbocycles. The number of aromatic nitrogens is 2. The van der Waals surface area contributed by atoms with Gasteiger partial charge < -0.3 is 10.1 Å². The zero-order chi connectivity index (χ0) is 13.6. The molecule has 0 bridgehead atoms. The highest BCUT2D eigenvalue weighted by Crippen LogP contribution is 2.23. The van der Waals surface area contributed by atoms with Crippen LogP contribution in [0.3, 0.4) is 0 Å². The van der Waals surface area contributed by atoms with Gasteiger partial charge in [-0.2, -0.15) is 13.2 Å². The van der Waals surface area contributed by atoms with Gasteiger partial charge in [-0.15, -0.1) is 0 Å². The van der Waals surface area contributed by atoms with E-state index >= 15 is 0 Å². The minimum atomic E-state index is -4.35. The SMILES string of the molecule is CCCNc1nccc(COC(C)C(F)(F)F)n1. The second-order valence-electron chi connectivity index (χ2n) is 3.79. The lowest BCUT2D eigenvalue weighted by Crippen LogP contribution is -2.28. The lowest BCUT2D eigenvalue weighted by Gasteiger charge is -2.16. The summed E-state index contributed by atoms with van der Waals surface area (Å²) in [5.41, 5.74) is 0.416. The van der Waals surface area contributed by atoms with Gasteiger partial charge in [-0.3, -0.25) is 0 Å². The second-order valence-corrected chi connectivity index (χ2v) is 3.79. The summed E-state index contributed by atoms with van der Waals surface area (Å²) in [5, 5.41) is 2.95. The zero-order valence-electron chi connectivity index (χ0n) is 10.3. The third kappa shape index (κ3) is 4.87. The Labute approximate surface area is 104 Å². The Bertz CT molecular complexity index is 371. The second kappa shape index (κ2) is 6.53. The predicted molar refractivity (Wildman–Crippen MR) is 61.1 cm³/mol. The highest BCUT2D eigenvalue weighted by atomic mass is 19.4. The molecular formula is C11H16F3N3O. The predicted octanol–water partition coefficient (Wildman–Crippen LogP) is 2.77. The van der Waals surface area contributed by atoms with Crippen molar-refractivity contribution in [3.05, 3.63) is 18.0 Å². The van der Waals surface area contributed by atoms with Crippen molar-refractivity contribution in [3.8, 4) is 0 Å². The normalized spacial score (nSPS) is 13.4. The van der Waals surface area contributed by atoms with E-state index in [1.54, 1.807) is 0 Å². The zero-order valence-corrected chi connectivity index (χ0v) is 10.3. The van der Waals surface area contributed by atoms with Gasteiger partial charge in [0.05, 0.1) is 12.3 Å². The number of alkyl halides is 3. The molecule has 1 atom stereocenters. The van der Waals surface area contributed by atoms with Crippen LogP contribution in [0.4, 0.5) is 19.1 Å². The Hall–Kier alpha value is -1.37. The average molecular weight is 263 g/mol. The summed E-state index contributed by atoms with van der Waals surface area (Å²) in [5.74, 6) is 0.401. The molecule has 0 aliphatic rings. The summed E-state index contributed by atoms with van der Waals surface area (Å²) in [6, 6.07) is 1.53. The van der Waals surface area contributed by atoms with E-state index in [0.717, 1.165) is 13.3 Å². The van der Waals surface area contributed by atoms with Crippen molar-refractivity contribution in [3.63, 3.8) is 0 Å². The largest absolute Gasteiger partial charge is 0.414 e. The van der Waals surface area contributed by atoms with Crippen LogP contribution in [-0.4, -0.2) is 28.8 Å². The molecule has 0 saturated heterocycles. The molecule has 0 fully saturated rings. The topological polar surface area (TPSA) is 47.0 Å². The van der Waals surface area contributed by atoms with E-state index in [1.165, 1.54) is 12.3 Å². The summed E-state index contributed by atoms with van der Waals surface area (Å²) in [7, 11) is 0. The van der Waals surface area contributed by atoms with E-state index in [2.05, 4.69) is 15.3 Å². The van der Waals surface area contributed by atoms with Gasteiger partial charge in [-0.05, 0) is 19.4 Å². The first-order valence-corrected chi connectivity index (χ1v) is 5.67. The molecule has 0 spiro atoms. The minimum absolute atomic E-state index is 0.190. The molecule has 1 unspecified atom stereocenters. The first-order valence-electron chi connectivity index (χ1n) is 5.67. The molecule has 102 valence electrons. The van der Waals surface area contributed by atoms with E-state index in [0.29, 0.717) is 18.2 Å². The highest BCUT2D eigenvalue weighted by molar-refractivity contribution is 5.24. The molecule has 0 radical (unpaired) electrons. The fourth-order valence-electron chi connectivity index (χ4n) is 1.10. The number of nitrogens with one attached hydrogen (secondary N) is 1. The van der Waals surface area contributed by atoms with Crippen LogP contribution in [0.25, 0.3) is 0 Å². The Balaban J connectivity index is 2.52. The number of hydrogen-bond acceptors (Lipinski definition) is 4. The van der Waals surface area contributed by atoms with Crippen molar-refractivity contribution < 1.29 is 17.9 Å². The van der Waals surface area contributed by atoms with Crippen LogP contribution < -0.4 is 5.32 Å². The van der Waals surface area contributed by atoms with Gasteiger partial charge in [-0.1, -0.05) is 6.92 Å². The van der Waals surface area contributed by atoms with Crippen LogP contribution in [0.15, 0.2) is 12.3 Å². The molecular weight excluding hydrogens is 247 g/mol. The van der Waals surface area contributed by atoms with E-state index < -0.39 is 12.3 Å². The molecule has 7 heteroatoms. The monoisotopic (exact) mass is 263 g/mol. The quantitative estimate of drug-likeness (QED) is 0.857. The molecule has 1 N–H and O–H groups in total. The third-order valence-corrected chi connectivity index (χ3v) is 2.19. The molecule has 0 aliphatic carbocycles.